The molecule has 0 saturated heterocycles. The fourth-order valence-electron chi connectivity index (χ4n) is 2.60. The smallest absolute Gasteiger partial charge is 0.123 e. The van der Waals surface area contributed by atoms with Gasteiger partial charge in [-0.25, -0.2) is 0 Å². The Balaban J connectivity index is 2.21. The zero-order valence-corrected chi connectivity index (χ0v) is 11.6. The highest BCUT2D eigenvalue weighted by molar-refractivity contribution is 6.31. The summed E-state index contributed by atoms with van der Waals surface area (Å²) in [5.41, 5.74) is 1.04. The van der Waals surface area contributed by atoms with Crippen molar-refractivity contribution in [3.63, 3.8) is 0 Å². The Labute approximate surface area is 113 Å². The van der Waals surface area contributed by atoms with Crippen LogP contribution in [0.4, 0.5) is 0 Å². The number of hydrogen-bond acceptors (Lipinski definition) is 1. The lowest BCUT2D eigenvalue weighted by Gasteiger charge is -2.27. The predicted octanol–water partition coefficient (Wildman–Crippen LogP) is 5.21. The minimum atomic E-state index is 0.0175. The van der Waals surface area contributed by atoms with E-state index in [9.17, 15) is 0 Å². The molecule has 0 spiro atoms. The van der Waals surface area contributed by atoms with E-state index in [1.165, 1.54) is 32.1 Å². The molecule has 0 aromatic heterocycles. The van der Waals surface area contributed by atoms with Crippen molar-refractivity contribution in [1.29, 1.82) is 0 Å². The van der Waals surface area contributed by atoms with E-state index in [1.807, 2.05) is 18.2 Å². The average Bonchev–Trinajstić information content (AvgIpc) is 2.39. The summed E-state index contributed by atoms with van der Waals surface area (Å²) in [6, 6.07) is 5.68. The molecule has 1 fully saturated rings. The van der Waals surface area contributed by atoms with Crippen molar-refractivity contribution < 1.29 is 4.74 Å². The van der Waals surface area contributed by atoms with Gasteiger partial charge in [-0.05, 0) is 37.0 Å². The molecule has 0 bridgehead atoms. The van der Waals surface area contributed by atoms with Gasteiger partial charge in [0.05, 0.1) is 12.5 Å². The molecule has 1 aliphatic rings. The Morgan fingerprint density at radius 3 is 2.59 bits per heavy atom. The SMILES string of the molecule is COc1ccc(Cl)cc1C(Cl)C1CCCCC1. The van der Waals surface area contributed by atoms with Gasteiger partial charge in [-0.3, -0.25) is 0 Å². The standard InChI is InChI=1S/C14H18Cl2O/c1-17-13-8-7-11(15)9-12(13)14(16)10-5-3-2-4-6-10/h7-10,14H,2-6H2,1H3. The molecule has 2 rings (SSSR count). The third-order valence-electron chi connectivity index (χ3n) is 3.55. The minimum Gasteiger partial charge on any atom is -0.496 e. The zero-order valence-electron chi connectivity index (χ0n) is 10.1. The summed E-state index contributed by atoms with van der Waals surface area (Å²) in [6.07, 6.45) is 6.34. The number of ether oxygens (including phenoxy) is 1. The molecular weight excluding hydrogens is 255 g/mol. The van der Waals surface area contributed by atoms with Crippen LogP contribution < -0.4 is 4.74 Å². The number of methoxy groups -OCH3 is 1. The third kappa shape index (κ3) is 3.08. The van der Waals surface area contributed by atoms with Gasteiger partial charge in [0.1, 0.15) is 5.75 Å². The molecule has 0 aliphatic heterocycles. The van der Waals surface area contributed by atoms with Crippen molar-refractivity contribution in [3.8, 4) is 5.75 Å². The van der Waals surface area contributed by atoms with Gasteiger partial charge in [0.2, 0.25) is 0 Å². The highest BCUT2D eigenvalue weighted by Gasteiger charge is 2.25. The maximum atomic E-state index is 6.60. The first-order valence-electron chi connectivity index (χ1n) is 6.20. The van der Waals surface area contributed by atoms with Crippen LogP contribution in [-0.4, -0.2) is 7.11 Å². The van der Waals surface area contributed by atoms with E-state index in [1.54, 1.807) is 7.11 Å². The number of alkyl halides is 1. The van der Waals surface area contributed by atoms with Crippen LogP contribution in [0.5, 0.6) is 5.75 Å². The lowest BCUT2D eigenvalue weighted by atomic mass is 9.84. The second-order valence-corrected chi connectivity index (χ2v) is 5.59. The van der Waals surface area contributed by atoms with Crippen molar-refractivity contribution >= 4 is 23.2 Å². The van der Waals surface area contributed by atoms with E-state index in [4.69, 9.17) is 27.9 Å². The van der Waals surface area contributed by atoms with Gasteiger partial charge >= 0.3 is 0 Å². The van der Waals surface area contributed by atoms with Crippen LogP contribution in [0.1, 0.15) is 43.0 Å². The number of benzene rings is 1. The molecule has 0 heterocycles. The minimum absolute atomic E-state index is 0.0175. The van der Waals surface area contributed by atoms with E-state index in [2.05, 4.69) is 0 Å². The van der Waals surface area contributed by atoms with Crippen LogP contribution in [0.3, 0.4) is 0 Å². The van der Waals surface area contributed by atoms with Crippen molar-refractivity contribution in [3.05, 3.63) is 28.8 Å². The molecule has 1 atom stereocenters. The Morgan fingerprint density at radius 1 is 1.24 bits per heavy atom. The van der Waals surface area contributed by atoms with Gasteiger partial charge in [-0.2, -0.15) is 0 Å². The van der Waals surface area contributed by atoms with Crippen molar-refractivity contribution in [1.82, 2.24) is 0 Å². The van der Waals surface area contributed by atoms with Crippen LogP contribution >= 0.6 is 23.2 Å². The molecule has 1 aromatic carbocycles. The predicted molar refractivity (Wildman–Crippen MR) is 73.2 cm³/mol. The number of halogens is 2. The Kier molecular flexibility index (Phi) is 4.58. The summed E-state index contributed by atoms with van der Waals surface area (Å²) in [5.74, 6) is 1.40. The Hall–Kier alpha value is -0.400. The second-order valence-electron chi connectivity index (χ2n) is 4.69. The summed E-state index contributed by atoms with van der Waals surface area (Å²) in [7, 11) is 1.68. The summed E-state index contributed by atoms with van der Waals surface area (Å²) in [6.45, 7) is 0. The van der Waals surface area contributed by atoms with E-state index in [0.717, 1.165) is 16.3 Å². The molecule has 17 heavy (non-hydrogen) atoms. The second kappa shape index (κ2) is 5.97. The van der Waals surface area contributed by atoms with Crippen LogP contribution in [0.2, 0.25) is 5.02 Å². The lowest BCUT2D eigenvalue weighted by Crippen LogP contribution is -2.13. The Bertz CT molecular complexity index is 372. The summed E-state index contributed by atoms with van der Waals surface area (Å²) in [5, 5.41) is 0.742. The van der Waals surface area contributed by atoms with E-state index in [0.29, 0.717) is 5.92 Å². The van der Waals surface area contributed by atoms with Crippen LogP contribution in [-0.2, 0) is 0 Å². The fourth-order valence-corrected chi connectivity index (χ4v) is 3.20. The maximum Gasteiger partial charge on any atom is 0.123 e. The lowest BCUT2D eigenvalue weighted by molar-refractivity contribution is 0.340. The molecule has 1 aromatic rings. The topological polar surface area (TPSA) is 9.23 Å². The number of rotatable bonds is 3. The molecule has 1 nitrogen and oxygen atoms in total. The van der Waals surface area contributed by atoms with Crippen LogP contribution in [0, 0.1) is 5.92 Å². The van der Waals surface area contributed by atoms with Gasteiger partial charge in [0.15, 0.2) is 0 Å². The molecule has 94 valence electrons. The summed E-state index contributed by atoms with van der Waals surface area (Å²) in [4.78, 5) is 0. The molecule has 0 radical (unpaired) electrons. The molecule has 1 saturated carbocycles. The first-order valence-corrected chi connectivity index (χ1v) is 7.01. The van der Waals surface area contributed by atoms with E-state index >= 15 is 0 Å². The average molecular weight is 273 g/mol. The zero-order chi connectivity index (χ0) is 12.3. The highest BCUT2D eigenvalue weighted by Crippen LogP contribution is 2.42. The summed E-state index contributed by atoms with van der Waals surface area (Å²) >= 11 is 12.6. The number of hydrogen-bond donors (Lipinski definition) is 0. The Morgan fingerprint density at radius 2 is 1.94 bits per heavy atom. The van der Waals surface area contributed by atoms with E-state index in [-0.39, 0.29) is 5.38 Å². The molecule has 1 aliphatic carbocycles. The molecular formula is C14H18Cl2O. The van der Waals surface area contributed by atoms with E-state index < -0.39 is 0 Å². The van der Waals surface area contributed by atoms with Crippen molar-refractivity contribution in [2.75, 3.05) is 7.11 Å². The molecule has 3 heteroatoms. The first kappa shape index (κ1) is 13.0. The third-order valence-corrected chi connectivity index (χ3v) is 4.38. The molecule has 1 unspecified atom stereocenters. The van der Waals surface area contributed by atoms with Crippen molar-refractivity contribution in [2.24, 2.45) is 5.92 Å². The highest BCUT2D eigenvalue weighted by atomic mass is 35.5. The maximum absolute atomic E-state index is 6.60. The molecule has 0 N–H and O–H groups in total. The largest absolute Gasteiger partial charge is 0.496 e. The van der Waals surface area contributed by atoms with Crippen molar-refractivity contribution in [2.45, 2.75) is 37.5 Å². The normalized spacial score (nSPS) is 19.0. The van der Waals surface area contributed by atoms with Gasteiger partial charge in [-0.15, -0.1) is 11.6 Å². The van der Waals surface area contributed by atoms with Gasteiger partial charge in [-0.1, -0.05) is 30.9 Å². The van der Waals surface area contributed by atoms with Gasteiger partial charge < -0.3 is 4.74 Å². The first-order chi connectivity index (χ1) is 8.22. The molecule has 0 amide bonds. The van der Waals surface area contributed by atoms with Gasteiger partial charge in [0, 0.05) is 10.6 Å². The van der Waals surface area contributed by atoms with Gasteiger partial charge in [0.25, 0.3) is 0 Å². The summed E-state index contributed by atoms with van der Waals surface area (Å²) < 4.78 is 5.37. The van der Waals surface area contributed by atoms with Crippen LogP contribution in [0.25, 0.3) is 0 Å². The monoisotopic (exact) mass is 272 g/mol. The van der Waals surface area contributed by atoms with Crippen LogP contribution in [0.15, 0.2) is 18.2 Å². The fraction of sp³-hybridized carbons (Fsp3) is 0.571. The quantitative estimate of drug-likeness (QED) is 0.687.